The molecule has 6 heteroatoms. The summed E-state index contributed by atoms with van der Waals surface area (Å²) in [5.41, 5.74) is 2.17. The van der Waals surface area contributed by atoms with Crippen LogP contribution in [0.3, 0.4) is 0 Å². The Hall–Kier alpha value is -2.44. The summed E-state index contributed by atoms with van der Waals surface area (Å²) in [5, 5.41) is 9.25. The minimum absolute atomic E-state index is 0.194. The number of rotatable bonds is 7. The van der Waals surface area contributed by atoms with E-state index in [0.717, 1.165) is 12.0 Å². The fourth-order valence-electron chi connectivity index (χ4n) is 2.94. The number of urea groups is 1. The van der Waals surface area contributed by atoms with Gasteiger partial charge in [0.2, 0.25) is 0 Å². The molecular formula is C21H24FN3OS. The van der Waals surface area contributed by atoms with E-state index in [0.29, 0.717) is 13.1 Å². The number of nitrogens with one attached hydrogen (secondary N) is 2. The second kappa shape index (κ2) is 8.97. The lowest BCUT2D eigenvalue weighted by Gasteiger charge is -2.24. The van der Waals surface area contributed by atoms with E-state index in [1.165, 1.54) is 27.8 Å². The molecule has 0 aliphatic rings. The molecule has 3 aromatic rings. The molecule has 2 amide bonds. The van der Waals surface area contributed by atoms with Gasteiger partial charge in [0.15, 0.2) is 0 Å². The molecule has 142 valence electrons. The summed E-state index contributed by atoms with van der Waals surface area (Å²) in [4.78, 5) is 14.2. The minimum Gasteiger partial charge on any atom is -0.337 e. The second-order valence-electron chi connectivity index (χ2n) is 6.77. The van der Waals surface area contributed by atoms with Crippen molar-refractivity contribution in [1.82, 2.24) is 15.5 Å². The van der Waals surface area contributed by atoms with Crippen molar-refractivity contribution in [2.75, 3.05) is 20.6 Å². The molecule has 1 atom stereocenters. The number of benzene rings is 2. The molecule has 4 nitrogen and oxygen atoms in total. The number of fused-ring (bicyclic) bond motifs is 1. The number of carbonyl (C=O) groups is 1. The molecular weight excluding hydrogens is 361 g/mol. The predicted octanol–water partition coefficient (Wildman–Crippen LogP) is 4.01. The van der Waals surface area contributed by atoms with Gasteiger partial charge in [-0.05, 0) is 60.6 Å². The third kappa shape index (κ3) is 5.28. The van der Waals surface area contributed by atoms with Gasteiger partial charge in [-0.1, -0.05) is 30.3 Å². The van der Waals surface area contributed by atoms with Gasteiger partial charge in [0.1, 0.15) is 5.82 Å². The highest BCUT2D eigenvalue weighted by molar-refractivity contribution is 7.17. The molecule has 0 saturated heterocycles. The first-order valence-electron chi connectivity index (χ1n) is 8.90. The van der Waals surface area contributed by atoms with E-state index in [9.17, 15) is 9.18 Å². The van der Waals surface area contributed by atoms with Crippen molar-refractivity contribution in [3.63, 3.8) is 0 Å². The third-order valence-electron chi connectivity index (χ3n) is 4.61. The van der Waals surface area contributed by atoms with Crippen molar-refractivity contribution < 1.29 is 9.18 Å². The second-order valence-corrected chi connectivity index (χ2v) is 7.68. The smallest absolute Gasteiger partial charge is 0.315 e. The minimum atomic E-state index is -0.280. The molecule has 1 heterocycles. The van der Waals surface area contributed by atoms with Crippen LogP contribution in [-0.4, -0.2) is 37.6 Å². The van der Waals surface area contributed by atoms with Crippen LogP contribution in [-0.2, 0) is 13.0 Å². The lowest BCUT2D eigenvalue weighted by Crippen LogP contribution is -2.44. The number of nitrogens with zero attached hydrogens (tertiary/aromatic N) is 1. The van der Waals surface area contributed by atoms with Gasteiger partial charge in [0.05, 0.1) is 0 Å². The fraction of sp³-hybridized carbons (Fsp3) is 0.286. The van der Waals surface area contributed by atoms with E-state index < -0.39 is 0 Å². The summed E-state index contributed by atoms with van der Waals surface area (Å²) >= 11 is 1.75. The summed E-state index contributed by atoms with van der Waals surface area (Å²) < 4.78 is 14.2. The first kappa shape index (κ1) is 19.3. The Bertz CT molecular complexity index is 892. The maximum absolute atomic E-state index is 12.9. The molecule has 0 saturated carbocycles. The van der Waals surface area contributed by atoms with Gasteiger partial charge in [-0.15, -0.1) is 11.3 Å². The Morgan fingerprint density at radius 3 is 2.59 bits per heavy atom. The van der Waals surface area contributed by atoms with Crippen LogP contribution >= 0.6 is 11.3 Å². The molecule has 2 N–H and O–H groups in total. The van der Waals surface area contributed by atoms with Crippen LogP contribution in [0, 0.1) is 5.82 Å². The van der Waals surface area contributed by atoms with E-state index in [-0.39, 0.29) is 17.9 Å². The van der Waals surface area contributed by atoms with E-state index in [1.807, 2.05) is 14.1 Å². The topological polar surface area (TPSA) is 44.4 Å². The molecule has 1 aromatic heterocycles. The van der Waals surface area contributed by atoms with Crippen molar-refractivity contribution in [3.05, 3.63) is 70.9 Å². The molecule has 0 spiro atoms. The Kier molecular flexibility index (Phi) is 6.42. The van der Waals surface area contributed by atoms with E-state index in [1.54, 1.807) is 23.5 Å². The maximum atomic E-state index is 12.9. The summed E-state index contributed by atoms with van der Waals surface area (Å²) in [7, 11) is 4.05. The van der Waals surface area contributed by atoms with Gasteiger partial charge in [-0.3, -0.25) is 0 Å². The molecule has 0 radical (unpaired) electrons. The molecule has 0 bridgehead atoms. The monoisotopic (exact) mass is 385 g/mol. The van der Waals surface area contributed by atoms with E-state index in [2.05, 4.69) is 45.2 Å². The Morgan fingerprint density at radius 2 is 1.85 bits per heavy atom. The fourth-order valence-corrected chi connectivity index (χ4v) is 3.92. The number of thiophene rings is 1. The molecule has 3 rings (SSSR count). The van der Waals surface area contributed by atoms with Gasteiger partial charge in [0, 0.05) is 23.8 Å². The highest BCUT2D eigenvalue weighted by Gasteiger charge is 2.16. The third-order valence-corrected chi connectivity index (χ3v) is 5.62. The van der Waals surface area contributed by atoms with Crippen molar-refractivity contribution in [3.8, 4) is 0 Å². The Labute approximate surface area is 163 Å². The van der Waals surface area contributed by atoms with E-state index >= 15 is 0 Å². The SMILES string of the molecule is CN(C)C(CNC(=O)NCc1ccc(F)cc1)Cc1csc2ccccc12. The molecule has 0 fully saturated rings. The van der Waals surface area contributed by atoms with Crippen LogP contribution < -0.4 is 10.6 Å². The van der Waals surface area contributed by atoms with Crippen molar-refractivity contribution >= 4 is 27.5 Å². The Balaban J connectivity index is 1.53. The molecule has 1 unspecified atom stereocenters. The number of likely N-dealkylation sites (N-methyl/N-ethyl adjacent to an activating group) is 1. The molecule has 0 aliphatic carbocycles. The standard InChI is InChI=1S/C21H24FN3OS/c1-25(2)18(11-16-14-27-20-6-4-3-5-19(16)20)13-24-21(26)23-12-15-7-9-17(22)10-8-15/h3-10,14,18H,11-13H2,1-2H3,(H2,23,24,26). The van der Waals surface area contributed by atoms with Crippen LogP contribution in [0.4, 0.5) is 9.18 Å². The van der Waals surface area contributed by atoms with Gasteiger partial charge in [-0.2, -0.15) is 0 Å². The van der Waals surface area contributed by atoms with Crippen molar-refractivity contribution in [1.29, 1.82) is 0 Å². The Morgan fingerprint density at radius 1 is 1.11 bits per heavy atom. The van der Waals surface area contributed by atoms with Gasteiger partial charge >= 0.3 is 6.03 Å². The van der Waals surface area contributed by atoms with Crippen LogP contribution in [0.25, 0.3) is 10.1 Å². The number of carbonyl (C=O) groups excluding carboxylic acids is 1. The highest BCUT2D eigenvalue weighted by atomic mass is 32.1. The quantitative estimate of drug-likeness (QED) is 0.645. The van der Waals surface area contributed by atoms with Crippen molar-refractivity contribution in [2.45, 2.75) is 19.0 Å². The van der Waals surface area contributed by atoms with Crippen molar-refractivity contribution in [2.24, 2.45) is 0 Å². The lowest BCUT2D eigenvalue weighted by molar-refractivity contribution is 0.231. The zero-order valence-corrected chi connectivity index (χ0v) is 16.4. The first-order chi connectivity index (χ1) is 13.0. The summed E-state index contributed by atoms with van der Waals surface area (Å²) in [6.07, 6.45) is 0.870. The summed E-state index contributed by atoms with van der Waals surface area (Å²) in [5.74, 6) is -0.280. The lowest BCUT2D eigenvalue weighted by atomic mass is 10.0. The summed E-state index contributed by atoms with van der Waals surface area (Å²) in [6.45, 7) is 0.917. The van der Waals surface area contributed by atoms with Gasteiger partial charge < -0.3 is 15.5 Å². The normalized spacial score (nSPS) is 12.3. The zero-order valence-electron chi connectivity index (χ0n) is 15.5. The number of hydrogen-bond acceptors (Lipinski definition) is 3. The van der Waals surface area contributed by atoms with Crippen LogP contribution in [0.15, 0.2) is 53.9 Å². The van der Waals surface area contributed by atoms with Crippen LogP contribution in [0.1, 0.15) is 11.1 Å². The van der Waals surface area contributed by atoms with Crippen LogP contribution in [0.2, 0.25) is 0 Å². The number of hydrogen-bond donors (Lipinski definition) is 2. The maximum Gasteiger partial charge on any atom is 0.315 e. The van der Waals surface area contributed by atoms with Gasteiger partial charge in [0.25, 0.3) is 0 Å². The highest BCUT2D eigenvalue weighted by Crippen LogP contribution is 2.27. The van der Waals surface area contributed by atoms with E-state index in [4.69, 9.17) is 0 Å². The van der Waals surface area contributed by atoms with Crippen LogP contribution in [0.5, 0.6) is 0 Å². The summed E-state index contributed by atoms with van der Waals surface area (Å²) in [6, 6.07) is 14.5. The molecule has 0 aliphatic heterocycles. The average Bonchev–Trinajstić information content (AvgIpc) is 3.07. The molecule has 27 heavy (non-hydrogen) atoms. The number of amides is 2. The largest absolute Gasteiger partial charge is 0.337 e. The predicted molar refractivity (Wildman–Crippen MR) is 110 cm³/mol. The average molecular weight is 386 g/mol. The number of halogens is 1. The first-order valence-corrected chi connectivity index (χ1v) is 9.78. The van der Waals surface area contributed by atoms with Gasteiger partial charge in [-0.25, -0.2) is 9.18 Å². The molecule has 2 aromatic carbocycles. The zero-order chi connectivity index (χ0) is 19.2.